The summed E-state index contributed by atoms with van der Waals surface area (Å²) in [6, 6.07) is 9.32. The molecule has 1 saturated heterocycles. The van der Waals surface area contributed by atoms with Crippen molar-refractivity contribution in [1.29, 1.82) is 0 Å². The number of carbonyl (C=O) groups excluding carboxylic acids is 3. The molecule has 0 aliphatic carbocycles. The van der Waals surface area contributed by atoms with Gasteiger partial charge in [0, 0.05) is 32.7 Å². The zero-order chi connectivity index (χ0) is 20.7. The second kappa shape index (κ2) is 9.68. The van der Waals surface area contributed by atoms with Gasteiger partial charge in [0.25, 0.3) is 0 Å². The Morgan fingerprint density at radius 1 is 1.04 bits per heavy atom. The summed E-state index contributed by atoms with van der Waals surface area (Å²) in [4.78, 5) is 40.5. The fraction of sp³-hybridized carbons (Fsp3) is 0.571. The lowest BCUT2D eigenvalue weighted by Gasteiger charge is -2.38. The van der Waals surface area contributed by atoms with Gasteiger partial charge in [0.05, 0.1) is 12.0 Å². The van der Waals surface area contributed by atoms with E-state index in [-0.39, 0.29) is 18.4 Å². The number of nitrogens with zero attached hydrogens (tertiary/aromatic N) is 2. The van der Waals surface area contributed by atoms with Crippen LogP contribution in [0.4, 0.5) is 4.79 Å². The minimum absolute atomic E-state index is 0.0934. The average Bonchev–Trinajstić information content (AvgIpc) is 2.67. The van der Waals surface area contributed by atoms with E-state index in [2.05, 4.69) is 10.6 Å². The number of benzene rings is 1. The van der Waals surface area contributed by atoms with Crippen LogP contribution in [-0.4, -0.2) is 66.9 Å². The number of amides is 4. The summed E-state index contributed by atoms with van der Waals surface area (Å²) in [5, 5.41) is 5.01. The molecule has 1 aliphatic heterocycles. The van der Waals surface area contributed by atoms with Gasteiger partial charge in [-0.1, -0.05) is 44.2 Å². The minimum Gasteiger partial charge on any atom is -0.339 e. The number of hydrogen-bond donors (Lipinski definition) is 2. The van der Waals surface area contributed by atoms with Gasteiger partial charge in [0.2, 0.25) is 11.8 Å². The summed E-state index contributed by atoms with van der Waals surface area (Å²) in [6.45, 7) is 10.9. The summed E-state index contributed by atoms with van der Waals surface area (Å²) in [6.07, 6.45) is 0. The highest BCUT2D eigenvalue weighted by Gasteiger charge is 2.35. The molecule has 0 bridgehead atoms. The van der Waals surface area contributed by atoms with Gasteiger partial charge in [-0.25, -0.2) is 4.79 Å². The number of piperazine rings is 1. The normalized spacial score (nSPS) is 15.4. The average molecular weight is 389 g/mol. The number of hydrogen-bond acceptors (Lipinski definition) is 4. The molecule has 0 radical (unpaired) electrons. The molecule has 0 spiro atoms. The van der Waals surface area contributed by atoms with Crippen molar-refractivity contribution in [1.82, 2.24) is 20.4 Å². The van der Waals surface area contributed by atoms with Crippen LogP contribution in [0.15, 0.2) is 30.3 Å². The predicted octanol–water partition coefficient (Wildman–Crippen LogP) is 1.59. The van der Waals surface area contributed by atoms with Crippen LogP contribution in [0.3, 0.4) is 0 Å². The first kappa shape index (κ1) is 21.9. The van der Waals surface area contributed by atoms with Gasteiger partial charge >= 0.3 is 6.03 Å². The first-order chi connectivity index (χ1) is 13.2. The maximum Gasteiger partial charge on any atom is 0.321 e. The van der Waals surface area contributed by atoms with Crippen LogP contribution in [0.2, 0.25) is 0 Å². The van der Waals surface area contributed by atoms with E-state index >= 15 is 0 Å². The van der Waals surface area contributed by atoms with Gasteiger partial charge in [-0.15, -0.1) is 0 Å². The van der Waals surface area contributed by atoms with E-state index in [9.17, 15) is 14.4 Å². The molecule has 0 saturated carbocycles. The van der Waals surface area contributed by atoms with Crippen molar-refractivity contribution >= 4 is 17.8 Å². The van der Waals surface area contributed by atoms with Crippen molar-refractivity contribution in [3.05, 3.63) is 35.9 Å². The third-order valence-corrected chi connectivity index (χ3v) is 4.98. The van der Waals surface area contributed by atoms with Gasteiger partial charge in [0.15, 0.2) is 0 Å². The maximum atomic E-state index is 13.0. The predicted molar refractivity (Wildman–Crippen MR) is 109 cm³/mol. The van der Waals surface area contributed by atoms with E-state index in [0.29, 0.717) is 38.6 Å². The third-order valence-electron chi connectivity index (χ3n) is 4.98. The molecule has 2 N–H and O–H groups in total. The van der Waals surface area contributed by atoms with Crippen LogP contribution >= 0.6 is 0 Å². The van der Waals surface area contributed by atoms with Crippen molar-refractivity contribution in [3.8, 4) is 0 Å². The van der Waals surface area contributed by atoms with Crippen LogP contribution < -0.4 is 10.6 Å². The van der Waals surface area contributed by atoms with E-state index in [1.165, 1.54) is 0 Å². The lowest BCUT2D eigenvalue weighted by atomic mass is 9.83. The molecule has 1 aromatic rings. The van der Waals surface area contributed by atoms with E-state index in [4.69, 9.17) is 0 Å². The molecule has 1 fully saturated rings. The summed E-state index contributed by atoms with van der Waals surface area (Å²) in [5.74, 6) is 0.0908. The molecule has 7 heteroatoms. The molecule has 1 aromatic carbocycles. The highest BCUT2D eigenvalue weighted by molar-refractivity contribution is 5.95. The van der Waals surface area contributed by atoms with Crippen LogP contribution in [0, 0.1) is 5.92 Å². The summed E-state index contributed by atoms with van der Waals surface area (Å²) >= 11 is 0. The first-order valence-electron chi connectivity index (χ1n) is 9.85. The van der Waals surface area contributed by atoms with Gasteiger partial charge in [0.1, 0.15) is 0 Å². The van der Waals surface area contributed by atoms with Crippen molar-refractivity contribution in [2.45, 2.75) is 33.1 Å². The lowest BCUT2D eigenvalue weighted by Crippen LogP contribution is -2.55. The molecule has 0 unspecified atom stereocenters. The molecular formula is C21H32N4O3. The maximum absolute atomic E-state index is 13.0. The largest absolute Gasteiger partial charge is 0.339 e. The Hall–Kier alpha value is -2.41. The Morgan fingerprint density at radius 3 is 2.21 bits per heavy atom. The van der Waals surface area contributed by atoms with Gasteiger partial charge in [-0.3, -0.25) is 19.8 Å². The lowest BCUT2D eigenvalue weighted by molar-refractivity contribution is -0.138. The van der Waals surface area contributed by atoms with Crippen LogP contribution in [0.5, 0.6) is 0 Å². The fourth-order valence-electron chi connectivity index (χ4n) is 3.19. The quantitative estimate of drug-likeness (QED) is 0.775. The van der Waals surface area contributed by atoms with Crippen molar-refractivity contribution in [3.63, 3.8) is 0 Å². The number of rotatable bonds is 6. The van der Waals surface area contributed by atoms with Crippen molar-refractivity contribution < 1.29 is 14.4 Å². The highest BCUT2D eigenvalue weighted by atomic mass is 16.2. The van der Waals surface area contributed by atoms with Crippen LogP contribution in [0.25, 0.3) is 0 Å². The standard InChI is InChI=1S/C21H32N4O3/c1-16(2)14-22-20(28)23-18(26)15-24-10-12-25(13-11-24)19(27)21(3,4)17-8-6-5-7-9-17/h5-9,16H,10-15H2,1-4H3,(H2,22,23,26,28). The van der Waals surface area contributed by atoms with Crippen molar-refractivity contribution in [2.75, 3.05) is 39.3 Å². The van der Waals surface area contributed by atoms with Gasteiger partial charge in [-0.05, 0) is 25.3 Å². The second-order valence-electron chi connectivity index (χ2n) is 8.21. The Balaban J connectivity index is 1.80. The highest BCUT2D eigenvalue weighted by Crippen LogP contribution is 2.26. The molecule has 0 atom stereocenters. The van der Waals surface area contributed by atoms with Crippen molar-refractivity contribution in [2.24, 2.45) is 5.92 Å². The number of urea groups is 1. The molecule has 4 amide bonds. The zero-order valence-electron chi connectivity index (χ0n) is 17.3. The Labute approximate surface area is 167 Å². The number of nitrogens with one attached hydrogen (secondary N) is 2. The molecule has 154 valence electrons. The monoisotopic (exact) mass is 388 g/mol. The van der Waals surface area contributed by atoms with E-state index in [1.807, 2.05) is 67.8 Å². The van der Waals surface area contributed by atoms with Gasteiger partial charge in [-0.2, -0.15) is 0 Å². The number of carbonyl (C=O) groups is 3. The Morgan fingerprint density at radius 2 is 1.64 bits per heavy atom. The molecule has 2 rings (SSSR count). The third kappa shape index (κ3) is 6.05. The van der Waals surface area contributed by atoms with E-state index < -0.39 is 11.4 Å². The SMILES string of the molecule is CC(C)CNC(=O)NC(=O)CN1CCN(C(=O)C(C)(C)c2ccccc2)CC1. The van der Waals surface area contributed by atoms with Crippen LogP contribution in [0.1, 0.15) is 33.3 Å². The smallest absolute Gasteiger partial charge is 0.321 e. The summed E-state index contributed by atoms with van der Waals surface area (Å²) in [5.41, 5.74) is 0.407. The zero-order valence-corrected chi connectivity index (χ0v) is 17.3. The second-order valence-corrected chi connectivity index (χ2v) is 8.21. The number of imide groups is 1. The Bertz CT molecular complexity index is 680. The molecule has 1 heterocycles. The summed E-state index contributed by atoms with van der Waals surface area (Å²) in [7, 11) is 0. The fourth-order valence-corrected chi connectivity index (χ4v) is 3.19. The molecule has 0 aromatic heterocycles. The Kier molecular flexibility index (Phi) is 7.57. The topological polar surface area (TPSA) is 81.8 Å². The minimum atomic E-state index is -0.588. The molecule has 1 aliphatic rings. The van der Waals surface area contributed by atoms with E-state index in [0.717, 1.165) is 5.56 Å². The molecule has 7 nitrogen and oxygen atoms in total. The summed E-state index contributed by atoms with van der Waals surface area (Å²) < 4.78 is 0. The van der Waals surface area contributed by atoms with E-state index in [1.54, 1.807) is 0 Å². The molecule has 28 heavy (non-hydrogen) atoms. The first-order valence-corrected chi connectivity index (χ1v) is 9.85. The van der Waals surface area contributed by atoms with Gasteiger partial charge < -0.3 is 10.2 Å². The van der Waals surface area contributed by atoms with Crippen LogP contribution in [-0.2, 0) is 15.0 Å². The molecular weight excluding hydrogens is 356 g/mol.